The molecular weight excluding hydrogens is 472 g/mol. The first kappa shape index (κ1) is 22.2. The second-order valence-corrected chi connectivity index (χ2v) is 9.89. The summed E-state index contributed by atoms with van der Waals surface area (Å²) in [6, 6.07) is 25.3. The summed E-state index contributed by atoms with van der Waals surface area (Å²) < 4.78 is 9.60. The Labute approximate surface area is 210 Å². The van der Waals surface area contributed by atoms with E-state index in [1.807, 2.05) is 97.1 Å². The molecule has 3 heterocycles. The van der Waals surface area contributed by atoms with Crippen LogP contribution in [0.2, 0.25) is 0 Å². The lowest BCUT2D eigenvalue weighted by atomic mass is 10.1. The van der Waals surface area contributed by atoms with E-state index in [4.69, 9.17) is 4.42 Å². The predicted octanol–water partition coefficient (Wildman–Crippen LogP) is 5.30. The van der Waals surface area contributed by atoms with E-state index in [2.05, 4.69) is 20.4 Å². The van der Waals surface area contributed by atoms with Crippen LogP contribution in [0.5, 0.6) is 0 Å². The summed E-state index contributed by atoms with van der Waals surface area (Å²) in [6.45, 7) is 4.41. The van der Waals surface area contributed by atoms with Crippen LogP contribution >= 0.6 is 11.8 Å². The minimum Gasteiger partial charge on any atom is -0.419 e. The molecule has 3 aromatic carbocycles. The molecule has 9 heteroatoms. The maximum Gasteiger partial charge on any atom is 0.263 e. The van der Waals surface area contributed by atoms with Gasteiger partial charge in [0.1, 0.15) is 0 Å². The van der Waals surface area contributed by atoms with E-state index in [0.29, 0.717) is 34.6 Å². The Hall–Kier alpha value is -4.24. The average molecular weight is 495 g/mol. The zero-order valence-corrected chi connectivity index (χ0v) is 20.5. The van der Waals surface area contributed by atoms with Gasteiger partial charge in [-0.15, -0.1) is 20.4 Å². The highest BCUT2D eigenvalue weighted by molar-refractivity contribution is 7.99. The fourth-order valence-corrected chi connectivity index (χ4v) is 5.11. The van der Waals surface area contributed by atoms with Crippen LogP contribution in [0, 0.1) is 6.92 Å². The number of benzene rings is 3. The van der Waals surface area contributed by atoms with Crippen molar-refractivity contribution < 1.29 is 4.42 Å². The molecule has 0 bridgehead atoms. The first-order chi connectivity index (χ1) is 17.6. The molecule has 0 fully saturated rings. The van der Waals surface area contributed by atoms with Crippen LogP contribution in [0.1, 0.15) is 29.2 Å². The Kier molecular flexibility index (Phi) is 5.61. The third-order valence-electron chi connectivity index (χ3n) is 6.00. The molecule has 0 aliphatic rings. The molecule has 6 aromatic rings. The van der Waals surface area contributed by atoms with Crippen LogP contribution in [0.15, 0.2) is 93.2 Å². The molecule has 1 atom stereocenters. The quantitative estimate of drug-likeness (QED) is 0.290. The average Bonchev–Trinajstić information content (AvgIpc) is 3.55. The molecule has 0 spiro atoms. The number of aryl methyl sites for hydroxylation is 1. The van der Waals surface area contributed by atoms with Gasteiger partial charge >= 0.3 is 0 Å². The lowest BCUT2D eigenvalue weighted by Gasteiger charge is -2.12. The van der Waals surface area contributed by atoms with E-state index in [0.717, 1.165) is 22.2 Å². The molecule has 3 aromatic heterocycles. The second-order valence-electron chi connectivity index (χ2n) is 8.59. The van der Waals surface area contributed by atoms with Crippen molar-refractivity contribution in [3.05, 3.63) is 106 Å². The van der Waals surface area contributed by atoms with Gasteiger partial charge in [-0.3, -0.25) is 13.8 Å². The Balaban J connectivity index is 1.40. The van der Waals surface area contributed by atoms with Gasteiger partial charge in [-0.2, -0.15) is 0 Å². The Bertz CT molecular complexity index is 1760. The summed E-state index contributed by atoms with van der Waals surface area (Å²) in [7, 11) is 0. The molecule has 6 rings (SSSR count). The number of hydrogen-bond acceptors (Lipinski definition) is 7. The van der Waals surface area contributed by atoms with E-state index in [1.165, 1.54) is 11.8 Å². The Morgan fingerprint density at radius 1 is 0.917 bits per heavy atom. The minimum absolute atomic E-state index is 0.0985. The summed E-state index contributed by atoms with van der Waals surface area (Å²) in [5.74, 6) is 1.47. The van der Waals surface area contributed by atoms with Crippen molar-refractivity contribution in [3.8, 4) is 11.5 Å². The normalized spacial score (nSPS) is 12.4. The van der Waals surface area contributed by atoms with Crippen molar-refractivity contribution in [2.75, 3.05) is 0 Å². The Morgan fingerprint density at radius 2 is 1.72 bits per heavy atom. The standard InChI is InChI=1S/C27H22N6O2S/c1-17-9-8-12-20(15-17)24-29-28-23(35-24)18(2)36-27-31-30-26-32(16-19-10-4-3-5-11-19)25(34)21-13-6-7-14-22(21)33(26)27/h3-15,18H,16H2,1-2H3. The van der Waals surface area contributed by atoms with E-state index in [-0.39, 0.29) is 10.8 Å². The zero-order valence-electron chi connectivity index (χ0n) is 19.7. The summed E-state index contributed by atoms with van der Waals surface area (Å²) in [4.78, 5) is 13.4. The fourth-order valence-electron chi connectivity index (χ4n) is 4.22. The molecule has 0 N–H and O–H groups in total. The van der Waals surface area contributed by atoms with E-state index in [9.17, 15) is 4.79 Å². The largest absolute Gasteiger partial charge is 0.419 e. The highest BCUT2D eigenvalue weighted by Crippen LogP contribution is 2.35. The van der Waals surface area contributed by atoms with Crippen molar-refractivity contribution in [2.24, 2.45) is 0 Å². The van der Waals surface area contributed by atoms with Gasteiger partial charge in [0, 0.05) is 5.56 Å². The zero-order chi connectivity index (χ0) is 24.6. The SMILES string of the molecule is Cc1cccc(-c2nnc(C(C)Sc3nnc4n(Cc5ccccc5)c(=O)c5ccccc5n34)o2)c1. The van der Waals surface area contributed by atoms with Crippen molar-refractivity contribution in [3.63, 3.8) is 0 Å². The Morgan fingerprint density at radius 3 is 2.56 bits per heavy atom. The first-order valence-corrected chi connectivity index (χ1v) is 12.4. The van der Waals surface area contributed by atoms with Gasteiger partial charge in [-0.25, -0.2) is 0 Å². The summed E-state index contributed by atoms with van der Waals surface area (Å²) in [5, 5.41) is 18.5. The number of rotatable bonds is 6. The second kappa shape index (κ2) is 9.09. The fraction of sp³-hybridized carbons (Fsp3) is 0.148. The molecule has 0 aliphatic carbocycles. The molecule has 0 aliphatic heterocycles. The van der Waals surface area contributed by atoms with Crippen molar-refractivity contribution in [2.45, 2.75) is 30.8 Å². The molecule has 178 valence electrons. The smallest absolute Gasteiger partial charge is 0.263 e. The lowest BCUT2D eigenvalue weighted by Crippen LogP contribution is -2.24. The van der Waals surface area contributed by atoms with Crippen molar-refractivity contribution in [1.82, 2.24) is 29.4 Å². The summed E-state index contributed by atoms with van der Waals surface area (Å²) >= 11 is 1.46. The first-order valence-electron chi connectivity index (χ1n) is 11.6. The summed E-state index contributed by atoms with van der Waals surface area (Å²) in [6.07, 6.45) is 0. The van der Waals surface area contributed by atoms with Crippen LogP contribution in [-0.4, -0.2) is 29.4 Å². The third kappa shape index (κ3) is 3.97. The number of hydrogen-bond donors (Lipinski definition) is 0. The molecular formula is C27H22N6O2S. The van der Waals surface area contributed by atoms with Crippen LogP contribution < -0.4 is 5.56 Å². The minimum atomic E-state index is -0.184. The molecule has 0 amide bonds. The molecule has 0 saturated carbocycles. The molecule has 8 nitrogen and oxygen atoms in total. The lowest BCUT2D eigenvalue weighted by molar-refractivity contribution is 0.509. The van der Waals surface area contributed by atoms with Crippen molar-refractivity contribution >= 4 is 28.4 Å². The van der Waals surface area contributed by atoms with Gasteiger partial charge in [0.05, 0.1) is 22.7 Å². The topological polar surface area (TPSA) is 91.1 Å². The van der Waals surface area contributed by atoms with E-state index in [1.54, 1.807) is 4.57 Å². The third-order valence-corrected chi connectivity index (χ3v) is 7.03. The van der Waals surface area contributed by atoms with Gasteiger partial charge in [0.25, 0.3) is 5.56 Å². The van der Waals surface area contributed by atoms with Crippen molar-refractivity contribution in [1.29, 1.82) is 0 Å². The molecule has 36 heavy (non-hydrogen) atoms. The monoisotopic (exact) mass is 494 g/mol. The van der Waals surface area contributed by atoms with E-state index >= 15 is 0 Å². The molecule has 0 saturated heterocycles. The number of thioether (sulfide) groups is 1. The highest BCUT2D eigenvalue weighted by atomic mass is 32.2. The highest BCUT2D eigenvalue weighted by Gasteiger charge is 2.22. The van der Waals surface area contributed by atoms with Crippen LogP contribution in [-0.2, 0) is 6.54 Å². The van der Waals surface area contributed by atoms with Gasteiger partial charge in [0.2, 0.25) is 17.6 Å². The summed E-state index contributed by atoms with van der Waals surface area (Å²) in [5.41, 5.74) is 3.68. The van der Waals surface area contributed by atoms with Crippen LogP contribution in [0.3, 0.4) is 0 Å². The number of aromatic nitrogens is 6. The predicted molar refractivity (Wildman–Crippen MR) is 139 cm³/mol. The number of para-hydroxylation sites is 1. The van der Waals surface area contributed by atoms with Gasteiger partial charge in [-0.05, 0) is 43.7 Å². The van der Waals surface area contributed by atoms with Gasteiger partial charge in [0.15, 0.2) is 5.16 Å². The van der Waals surface area contributed by atoms with Gasteiger partial charge in [-0.1, -0.05) is 71.9 Å². The number of fused-ring (bicyclic) bond motifs is 3. The van der Waals surface area contributed by atoms with Crippen LogP contribution in [0.25, 0.3) is 28.1 Å². The number of nitrogens with zero attached hydrogens (tertiary/aromatic N) is 6. The molecule has 1 unspecified atom stereocenters. The maximum atomic E-state index is 13.4. The maximum absolute atomic E-state index is 13.4. The van der Waals surface area contributed by atoms with E-state index < -0.39 is 0 Å². The van der Waals surface area contributed by atoms with Crippen LogP contribution in [0.4, 0.5) is 0 Å². The molecule has 0 radical (unpaired) electrons. The van der Waals surface area contributed by atoms with Gasteiger partial charge < -0.3 is 4.42 Å².